The molecule has 1 amide bonds. The SMILES string of the molecule is CSCC[C@H](O)C(=O)N(C)Cc1cc(C2CC2)on1. The maximum Gasteiger partial charge on any atom is 0.251 e. The lowest BCUT2D eigenvalue weighted by Gasteiger charge is -2.19. The van der Waals surface area contributed by atoms with Gasteiger partial charge in [0, 0.05) is 19.0 Å². The molecule has 1 fully saturated rings. The number of thioether (sulfide) groups is 1. The van der Waals surface area contributed by atoms with E-state index in [4.69, 9.17) is 4.52 Å². The summed E-state index contributed by atoms with van der Waals surface area (Å²) in [5.41, 5.74) is 0.745. The van der Waals surface area contributed by atoms with Gasteiger partial charge >= 0.3 is 0 Å². The fourth-order valence-electron chi connectivity index (χ4n) is 1.89. The van der Waals surface area contributed by atoms with Gasteiger partial charge in [0.1, 0.15) is 17.6 Å². The molecule has 1 atom stereocenters. The summed E-state index contributed by atoms with van der Waals surface area (Å²) >= 11 is 1.62. The highest BCUT2D eigenvalue weighted by atomic mass is 32.2. The quantitative estimate of drug-likeness (QED) is 0.824. The Labute approximate surface area is 117 Å². The molecule has 0 aromatic carbocycles. The van der Waals surface area contributed by atoms with Crippen molar-refractivity contribution < 1.29 is 14.4 Å². The summed E-state index contributed by atoms with van der Waals surface area (Å²) in [6.07, 6.45) is 3.84. The van der Waals surface area contributed by atoms with Gasteiger partial charge in [0.25, 0.3) is 5.91 Å². The zero-order chi connectivity index (χ0) is 13.8. The number of aliphatic hydroxyl groups is 1. The first-order valence-corrected chi connectivity index (χ1v) is 7.88. The Bertz CT molecular complexity index is 431. The second-order valence-electron chi connectivity index (χ2n) is 4.99. The number of likely N-dealkylation sites (N-methyl/N-ethyl adjacent to an activating group) is 1. The van der Waals surface area contributed by atoms with E-state index in [2.05, 4.69) is 5.16 Å². The normalized spacial score (nSPS) is 16.4. The van der Waals surface area contributed by atoms with Gasteiger partial charge in [0.15, 0.2) is 0 Å². The molecular weight excluding hydrogens is 264 g/mol. The zero-order valence-corrected chi connectivity index (χ0v) is 12.2. The summed E-state index contributed by atoms with van der Waals surface area (Å²) in [5, 5.41) is 13.7. The molecule has 0 saturated heterocycles. The van der Waals surface area contributed by atoms with Crippen LogP contribution in [0.15, 0.2) is 10.6 Å². The molecule has 0 radical (unpaired) electrons. The summed E-state index contributed by atoms with van der Waals surface area (Å²) in [6.45, 7) is 0.380. The molecule has 0 spiro atoms. The van der Waals surface area contributed by atoms with Crippen LogP contribution in [0.5, 0.6) is 0 Å². The van der Waals surface area contributed by atoms with Gasteiger partial charge in [-0.3, -0.25) is 4.79 Å². The standard InChI is InChI=1S/C13H20N2O3S/c1-15(13(17)11(16)5-6-19-2)8-10-7-12(18-14-10)9-3-4-9/h7,9,11,16H,3-6,8H2,1-2H3/t11-/m0/s1. The molecule has 0 bridgehead atoms. The molecule has 19 heavy (non-hydrogen) atoms. The Morgan fingerprint density at radius 3 is 3.05 bits per heavy atom. The Morgan fingerprint density at radius 2 is 2.42 bits per heavy atom. The summed E-state index contributed by atoms with van der Waals surface area (Å²) in [4.78, 5) is 13.4. The average Bonchev–Trinajstić information content (AvgIpc) is 3.16. The number of rotatable bonds is 7. The van der Waals surface area contributed by atoms with Crippen LogP contribution in [-0.4, -0.2) is 46.2 Å². The van der Waals surface area contributed by atoms with Gasteiger partial charge in [-0.25, -0.2) is 0 Å². The van der Waals surface area contributed by atoms with E-state index in [1.807, 2.05) is 12.3 Å². The van der Waals surface area contributed by atoms with Crippen molar-refractivity contribution >= 4 is 17.7 Å². The minimum Gasteiger partial charge on any atom is -0.383 e. The fourth-order valence-corrected chi connectivity index (χ4v) is 2.35. The second kappa shape index (κ2) is 6.43. The molecule has 1 aliphatic rings. The molecule has 1 aromatic rings. The molecule has 106 valence electrons. The molecule has 6 heteroatoms. The number of hydrogen-bond donors (Lipinski definition) is 1. The molecule has 0 aliphatic heterocycles. The molecule has 1 aromatic heterocycles. The third-order valence-corrected chi connectivity index (χ3v) is 3.86. The van der Waals surface area contributed by atoms with Crippen LogP contribution in [0.25, 0.3) is 0 Å². The number of carbonyl (C=O) groups is 1. The lowest BCUT2D eigenvalue weighted by atomic mass is 10.2. The van der Waals surface area contributed by atoms with E-state index in [1.165, 1.54) is 4.90 Å². The molecule has 1 heterocycles. The van der Waals surface area contributed by atoms with Crippen molar-refractivity contribution in [1.82, 2.24) is 10.1 Å². The highest BCUT2D eigenvalue weighted by Gasteiger charge is 2.28. The molecular formula is C13H20N2O3S. The number of hydrogen-bond acceptors (Lipinski definition) is 5. The number of nitrogens with zero attached hydrogens (tertiary/aromatic N) is 2. The molecule has 1 saturated carbocycles. The minimum atomic E-state index is -0.924. The highest BCUT2D eigenvalue weighted by Crippen LogP contribution is 2.40. The van der Waals surface area contributed by atoms with Crippen molar-refractivity contribution in [1.29, 1.82) is 0 Å². The Kier molecular flexibility index (Phi) is 4.87. The van der Waals surface area contributed by atoms with Crippen LogP contribution in [0.1, 0.15) is 36.6 Å². The molecule has 1 N–H and O–H groups in total. The predicted molar refractivity (Wildman–Crippen MR) is 74.0 cm³/mol. The topological polar surface area (TPSA) is 66.6 Å². The summed E-state index contributed by atoms with van der Waals surface area (Å²) in [5.74, 6) is 1.95. The van der Waals surface area contributed by atoms with Crippen molar-refractivity contribution in [2.24, 2.45) is 0 Å². The van der Waals surface area contributed by atoms with E-state index in [9.17, 15) is 9.90 Å². The van der Waals surface area contributed by atoms with Crippen LogP contribution in [0, 0.1) is 0 Å². The third-order valence-electron chi connectivity index (χ3n) is 3.21. The number of aliphatic hydroxyl groups excluding tert-OH is 1. The summed E-state index contributed by atoms with van der Waals surface area (Å²) in [6, 6.07) is 1.91. The summed E-state index contributed by atoms with van der Waals surface area (Å²) in [7, 11) is 1.68. The van der Waals surface area contributed by atoms with Crippen LogP contribution >= 0.6 is 11.8 Å². The first kappa shape index (κ1) is 14.4. The monoisotopic (exact) mass is 284 g/mol. The van der Waals surface area contributed by atoms with Gasteiger partial charge < -0.3 is 14.5 Å². The van der Waals surface area contributed by atoms with Crippen LogP contribution < -0.4 is 0 Å². The van der Waals surface area contributed by atoms with Crippen LogP contribution in [0.2, 0.25) is 0 Å². The fraction of sp³-hybridized carbons (Fsp3) is 0.692. The van der Waals surface area contributed by atoms with Gasteiger partial charge in [-0.2, -0.15) is 11.8 Å². The van der Waals surface area contributed by atoms with Gasteiger partial charge in [0.05, 0.1) is 6.54 Å². The molecule has 2 rings (SSSR count). The van der Waals surface area contributed by atoms with Crippen LogP contribution in [-0.2, 0) is 11.3 Å². The number of amides is 1. The van der Waals surface area contributed by atoms with Gasteiger partial charge in [-0.05, 0) is 31.3 Å². The molecule has 0 unspecified atom stereocenters. The Hall–Kier alpha value is -1.01. The van der Waals surface area contributed by atoms with E-state index in [1.54, 1.807) is 18.8 Å². The van der Waals surface area contributed by atoms with Crippen molar-refractivity contribution in [3.05, 3.63) is 17.5 Å². The van der Waals surface area contributed by atoms with E-state index in [0.717, 1.165) is 30.0 Å². The van der Waals surface area contributed by atoms with E-state index in [-0.39, 0.29) is 5.91 Å². The van der Waals surface area contributed by atoms with E-state index < -0.39 is 6.10 Å². The number of aromatic nitrogens is 1. The van der Waals surface area contributed by atoms with Crippen molar-refractivity contribution in [2.75, 3.05) is 19.1 Å². The van der Waals surface area contributed by atoms with E-state index >= 15 is 0 Å². The number of carbonyl (C=O) groups excluding carboxylic acids is 1. The van der Waals surface area contributed by atoms with Gasteiger partial charge in [-0.1, -0.05) is 5.16 Å². The third kappa shape index (κ3) is 3.98. The Balaban J connectivity index is 1.84. The van der Waals surface area contributed by atoms with Crippen molar-refractivity contribution in [3.8, 4) is 0 Å². The molecule has 5 nitrogen and oxygen atoms in total. The first-order valence-electron chi connectivity index (χ1n) is 6.49. The van der Waals surface area contributed by atoms with Gasteiger partial charge in [0.2, 0.25) is 0 Å². The lowest BCUT2D eigenvalue weighted by Crippen LogP contribution is -2.36. The van der Waals surface area contributed by atoms with Crippen molar-refractivity contribution in [3.63, 3.8) is 0 Å². The van der Waals surface area contributed by atoms with E-state index in [0.29, 0.717) is 18.9 Å². The predicted octanol–water partition coefficient (Wildman–Crippen LogP) is 1.62. The van der Waals surface area contributed by atoms with Crippen molar-refractivity contribution in [2.45, 2.75) is 37.8 Å². The lowest BCUT2D eigenvalue weighted by molar-refractivity contribution is -0.139. The highest BCUT2D eigenvalue weighted by molar-refractivity contribution is 7.98. The summed E-state index contributed by atoms with van der Waals surface area (Å²) < 4.78 is 5.24. The molecule has 1 aliphatic carbocycles. The smallest absolute Gasteiger partial charge is 0.251 e. The zero-order valence-electron chi connectivity index (χ0n) is 11.3. The maximum atomic E-state index is 11.9. The largest absolute Gasteiger partial charge is 0.383 e. The Morgan fingerprint density at radius 1 is 1.68 bits per heavy atom. The van der Waals surface area contributed by atoms with Gasteiger partial charge in [-0.15, -0.1) is 0 Å². The van der Waals surface area contributed by atoms with Crippen LogP contribution in [0.3, 0.4) is 0 Å². The average molecular weight is 284 g/mol. The second-order valence-corrected chi connectivity index (χ2v) is 5.97. The minimum absolute atomic E-state index is 0.259. The van der Waals surface area contributed by atoms with Crippen LogP contribution in [0.4, 0.5) is 0 Å². The first-order chi connectivity index (χ1) is 9.11. The maximum absolute atomic E-state index is 11.9.